The number of amidine groups is 1. The molecule has 2 saturated heterocycles. The molecule has 0 unspecified atom stereocenters. The van der Waals surface area contributed by atoms with Gasteiger partial charge in [0.05, 0.1) is 51.5 Å². The van der Waals surface area contributed by atoms with Crippen LogP contribution >= 0.6 is 11.8 Å². The monoisotopic (exact) mass is 581 g/mol. The predicted octanol–water partition coefficient (Wildman–Crippen LogP) is 3.49. The van der Waals surface area contributed by atoms with Crippen molar-refractivity contribution in [1.29, 1.82) is 0 Å². The maximum Gasteiger partial charge on any atom is 0.140 e. The van der Waals surface area contributed by atoms with E-state index in [1.807, 2.05) is 18.2 Å². The number of aliphatic imine (C=N–C) groups is 1. The Bertz CT molecular complexity index is 1200. The summed E-state index contributed by atoms with van der Waals surface area (Å²) < 4.78 is 16.8. The van der Waals surface area contributed by atoms with E-state index in [4.69, 9.17) is 24.2 Å². The third-order valence-electron chi connectivity index (χ3n) is 7.33. The van der Waals surface area contributed by atoms with Gasteiger partial charge in [0.2, 0.25) is 0 Å². The second-order valence-corrected chi connectivity index (χ2v) is 10.9. The summed E-state index contributed by atoms with van der Waals surface area (Å²) in [5.74, 6) is 3.34. The zero-order chi connectivity index (χ0) is 29.0. The van der Waals surface area contributed by atoms with E-state index in [2.05, 4.69) is 46.7 Å². The van der Waals surface area contributed by atoms with Crippen LogP contribution < -0.4 is 10.1 Å². The second-order valence-electron chi connectivity index (χ2n) is 9.95. The van der Waals surface area contributed by atoms with Crippen LogP contribution in [0, 0.1) is 0 Å². The average Bonchev–Trinajstić information content (AvgIpc) is 3.04. The highest BCUT2D eigenvalue weighted by atomic mass is 32.2. The van der Waals surface area contributed by atoms with Crippen molar-refractivity contribution in [2.75, 3.05) is 78.3 Å². The molecule has 2 N–H and O–H groups in total. The van der Waals surface area contributed by atoms with Gasteiger partial charge in [-0.3, -0.25) is 0 Å². The highest BCUT2D eigenvalue weighted by molar-refractivity contribution is 7.98. The number of morpholine rings is 2. The summed E-state index contributed by atoms with van der Waals surface area (Å²) in [4.78, 5) is 14.5. The number of aromatic nitrogens is 1. The van der Waals surface area contributed by atoms with Crippen molar-refractivity contribution in [3.8, 4) is 17.0 Å². The fraction of sp³-hybridized carbons (Fsp3) is 0.484. The number of hydrogen-bond acceptors (Lipinski definition) is 9. The number of ether oxygens (including phenoxy) is 3. The van der Waals surface area contributed by atoms with Crippen molar-refractivity contribution in [2.45, 2.75) is 19.0 Å². The lowest BCUT2D eigenvalue weighted by molar-refractivity contribution is 0.0528. The third-order valence-corrected chi connectivity index (χ3v) is 7.97. The third kappa shape index (κ3) is 8.33. The van der Waals surface area contributed by atoms with Crippen LogP contribution in [0.4, 0.5) is 0 Å². The molecule has 2 aliphatic heterocycles. The number of nitrogens with zero attached hydrogens (tertiary/aromatic N) is 4. The minimum atomic E-state index is 0.0331. The van der Waals surface area contributed by atoms with Crippen molar-refractivity contribution >= 4 is 23.7 Å². The van der Waals surface area contributed by atoms with Crippen LogP contribution in [0.5, 0.6) is 5.75 Å². The van der Waals surface area contributed by atoms with Crippen molar-refractivity contribution in [3.63, 3.8) is 0 Å². The number of aliphatic hydroxyl groups is 1. The average molecular weight is 582 g/mol. The summed E-state index contributed by atoms with van der Waals surface area (Å²) >= 11 is 1.78. The lowest BCUT2D eigenvalue weighted by Crippen LogP contribution is -2.42. The van der Waals surface area contributed by atoms with Crippen molar-refractivity contribution in [3.05, 3.63) is 66.1 Å². The molecular weight excluding hydrogens is 538 g/mol. The fourth-order valence-corrected chi connectivity index (χ4v) is 5.44. The normalized spacial score (nSPS) is 16.9. The predicted molar refractivity (Wildman–Crippen MR) is 167 cm³/mol. The number of methoxy groups -OCH3 is 1. The van der Waals surface area contributed by atoms with Gasteiger partial charge < -0.3 is 34.4 Å². The first-order valence-electron chi connectivity index (χ1n) is 14.1. The molecule has 1 aromatic heterocycles. The van der Waals surface area contributed by atoms with Gasteiger partial charge in [-0.1, -0.05) is 13.2 Å². The molecule has 2 aromatic rings. The summed E-state index contributed by atoms with van der Waals surface area (Å²) in [6, 6.07) is 10.2. The summed E-state index contributed by atoms with van der Waals surface area (Å²) in [6.07, 6.45) is 4.76. The first-order chi connectivity index (χ1) is 20.1. The van der Waals surface area contributed by atoms with Crippen LogP contribution in [0.2, 0.25) is 0 Å². The molecule has 0 radical (unpaired) electrons. The summed E-state index contributed by atoms with van der Waals surface area (Å²) in [5, 5.41) is 13.3. The maximum absolute atomic E-state index is 9.78. The van der Waals surface area contributed by atoms with Gasteiger partial charge in [0.1, 0.15) is 17.4 Å². The molecule has 222 valence electrons. The van der Waals surface area contributed by atoms with Crippen LogP contribution in [0.1, 0.15) is 23.2 Å². The lowest BCUT2D eigenvalue weighted by atomic mass is 10.0. The number of aliphatic hydroxyl groups excluding tert-OH is 1. The molecule has 0 aliphatic carbocycles. The Hall–Kier alpha value is -2.89. The molecule has 10 heteroatoms. The van der Waals surface area contributed by atoms with E-state index >= 15 is 0 Å². The molecule has 0 bridgehead atoms. The topological polar surface area (TPSA) is 91.7 Å². The Morgan fingerprint density at radius 1 is 1.15 bits per heavy atom. The molecule has 0 amide bonds. The number of thioether (sulfide) groups is 1. The molecule has 0 saturated carbocycles. The minimum absolute atomic E-state index is 0.0331. The quantitative estimate of drug-likeness (QED) is 0.273. The van der Waals surface area contributed by atoms with E-state index in [0.717, 1.165) is 83.8 Å². The van der Waals surface area contributed by atoms with Gasteiger partial charge in [-0.05, 0) is 54.8 Å². The van der Waals surface area contributed by atoms with Gasteiger partial charge in [0.15, 0.2) is 0 Å². The summed E-state index contributed by atoms with van der Waals surface area (Å²) in [6.45, 7) is 14.7. The molecular formula is C31H43N5O4S. The summed E-state index contributed by atoms with van der Waals surface area (Å²) in [5.41, 5.74) is 4.49. The second kappa shape index (κ2) is 15.9. The van der Waals surface area contributed by atoms with Crippen molar-refractivity contribution in [2.24, 2.45) is 4.99 Å². The number of benzene rings is 1. The SMILES string of the molecule is C=Cc1nc(-c2ccc(OC)c(CN[C@H](CO)CCSC)c2)ccc1/C(=N\C(=C)N1CCOCC1)N1CCOCC1. The van der Waals surface area contributed by atoms with Crippen molar-refractivity contribution in [1.82, 2.24) is 20.1 Å². The van der Waals surface area contributed by atoms with E-state index in [1.165, 1.54) is 0 Å². The van der Waals surface area contributed by atoms with Crippen LogP contribution in [-0.2, 0) is 16.0 Å². The molecule has 3 heterocycles. The highest BCUT2D eigenvalue weighted by Gasteiger charge is 2.22. The molecule has 1 atom stereocenters. The van der Waals surface area contributed by atoms with Crippen LogP contribution in [0.25, 0.3) is 17.3 Å². The first kappa shape index (κ1) is 31.1. The number of nitrogens with one attached hydrogen (secondary N) is 1. The standard InChI is InChI=1S/C31H43N5O4S/c1-5-28-27(31(36-13-17-40-18-14-36)33-23(2)35-11-15-39-16-12-35)7-8-29(34-28)24-6-9-30(38-3)25(20-24)21-32-26(22-37)10-19-41-4/h5-9,20,26,32,37H,1-2,10-19,21-22H2,3-4H3/b33-31+/t26-/m0/s1. The van der Waals surface area contributed by atoms with Crippen LogP contribution in [0.3, 0.4) is 0 Å². The molecule has 4 rings (SSSR count). The van der Waals surface area contributed by atoms with Gasteiger partial charge in [-0.25, -0.2) is 9.98 Å². The molecule has 2 fully saturated rings. The molecule has 2 aliphatic rings. The maximum atomic E-state index is 9.78. The Morgan fingerprint density at radius 2 is 1.85 bits per heavy atom. The zero-order valence-electron chi connectivity index (χ0n) is 24.3. The molecule has 1 aromatic carbocycles. The van der Waals surface area contributed by atoms with E-state index in [0.29, 0.717) is 33.0 Å². The number of pyridine rings is 1. The Kier molecular flexibility index (Phi) is 12.1. The summed E-state index contributed by atoms with van der Waals surface area (Å²) in [7, 11) is 1.68. The van der Waals surface area contributed by atoms with Gasteiger partial charge in [-0.2, -0.15) is 11.8 Å². The molecule has 9 nitrogen and oxygen atoms in total. The van der Waals surface area contributed by atoms with E-state index in [-0.39, 0.29) is 12.6 Å². The van der Waals surface area contributed by atoms with E-state index < -0.39 is 0 Å². The van der Waals surface area contributed by atoms with Gasteiger partial charge in [-0.15, -0.1) is 0 Å². The Labute approximate surface area is 248 Å². The fourth-order valence-electron chi connectivity index (χ4n) is 4.92. The molecule has 41 heavy (non-hydrogen) atoms. The number of hydrogen-bond donors (Lipinski definition) is 2. The Balaban J connectivity index is 1.63. The highest BCUT2D eigenvalue weighted by Crippen LogP contribution is 2.28. The van der Waals surface area contributed by atoms with Crippen molar-refractivity contribution < 1.29 is 19.3 Å². The van der Waals surface area contributed by atoms with E-state index in [9.17, 15) is 5.11 Å². The lowest BCUT2D eigenvalue weighted by Gasteiger charge is -2.33. The van der Waals surface area contributed by atoms with Gasteiger partial charge >= 0.3 is 0 Å². The number of rotatable bonds is 13. The zero-order valence-corrected chi connectivity index (χ0v) is 25.1. The Morgan fingerprint density at radius 3 is 2.49 bits per heavy atom. The first-order valence-corrected chi connectivity index (χ1v) is 15.5. The van der Waals surface area contributed by atoms with Crippen LogP contribution in [-0.4, -0.2) is 110 Å². The van der Waals surface area contributed by atoms with Crippen LogP contribution in [0.15, 0.2) is 54.3 Å². The smallest absolute Gasteiger partial charge is 0.140 e. The largest absolute Gasteiger partial charge is 0.496 e. The van der Waals surface area contributed by atoms with Gasteiger partial charge in [0, 0.05) is 55.5 Å². The minimum Gasteiger partial charge on any atom is -0.496 e. The molecule has 0 spiro atoms. The van der Waals surface area contributed by atoms with Gasteiger partial charge in [0.25, 0.3) is 0 Å². The van der Waals surface area contributed by atoms with E-state index in [1.54, 1.807) is 24.9 Å².